The summed E-state index contributed by atoms with van der Waals surface area (Å²) in [6, 6.07) is 7.72. The predicted molar refractivity (Wildman–Crippen MR) is 132 cm³/mol. The molecule has 2 unspecified atom stereocenters. The molecule has 9 heteroatoms. The lowest BCUT2D eigenvalue weighted by Crippen LogP contribution is -2.65. The first kappa shape index (κ1) is 22.8. The van der Waals surface area contributed by atoms with Crippen LogP contribution in [0.15, 0.2) is 29.4 Å². The first-order valence-electron chi connectivity index (χ1n) is 11.3. The highest BCUT2D eigenvalue weighted by molar-refractivity contribution is 6.01. The molecule has 1 aromatic carbocycles. The minimum Gasteiger partial charge on any atom is -0.497 e. The molecule has 9 nitrogen and oxygen atoms in total. The number of hydrazone groups is 1. The summed E-state index contributed by atoms with van der Waals surface area (Å²) in [6.07, 6.45) is 2.75. The van der Waals surface area contributed by atoms with Crippen LogP contribution in [0.4, 0.5) is 17.3 Å². The Balaban J connectivity index is 1.56. The van der Waals surface area contributed by atoms with E-state index in [2.05, 4.69) is 20.0 Å². The van der Waals surface area contributed by atoms with Crippen LogP contribution in [0.5, 0.6) is 5.75 Å². The summed E-state index contributed by atoms with van der Waals surface area (Å²) in [4.78, 5) is 29.1. The third kappa shape index (κ3) is 4.44. The van der Waals surface area contributed by atoms with E-state index in [9.17, 15) is 4.79 Å². The van der Waals surface area contributed by atoms with Gasteiger partial charge in [-0.05, 0) is 32.4 Å². The van der Waals surface area contributed by atoms with E-state index in [1.165, 1.54) is 0 Å². The highest BCUT2D eigenvalue weighted by atomic mass is 16.5. The average molecular weight is 452 g/mol. The number of carbonyl (C=O) groups excluding carboxylic acids is 1. The molecular weight excluding hydrogens is 418 g/mol. The average Bonchev–Trinajstić information content (AvgIpc) is 2.79. The van der Waals surface area contributed by atoms with Crippen molar-refractivity contribution in [2.45, 2.75) is 26.3 Å². The second-order valence-corrected chi connectivity index (χ2v) is 8.83. The van der Waals surface area contributed by atoms with Crippen molar-refractivity contribution in [1.82, 2.24) is 14.9 Å². The number of likely N-dealkylation sites (tertiary alicyclic amines) is 1. The molecule has 0 bridgehead atoms. The van der Waals surface area contributed by atoms with Crippen LogP contribution in [-0.2, 0) is 0 Å². The second kappa shape index (κ2) is 9.25. The lowest BCUT2D eigenvalue weighted by Gasteiger charge is -2.53. The molecule has 2 aliphatic heterocycles. The van der Waals surface area contributed by atoms with Crippen LogP contribution >= 0.6 is 0 Å². The fourth-order valence-corrected chi connectivity index (χ4v) is 4.64. The number of rotatable bonds is 6. The highest BCUT2D eigenvalue weighted by Crippen LogP contribution is 2.37. The van der Waals surface area contributed by atoms with Gasteiger partial charge in [0.2, 0.25) is 0 Å². The Labute approximate surface area is 195 Å². The van der Waals surface area contributed by atoms with Crippen molar-refractivity contribution in [3.8, 4) is 5.75 Å². The summed E-state index contributed by atoms with van der Waals surface area (Å²) >= 11 is 0. The zero-order valence-corrected chi connectivity index (χ0v) is 20.3. The molecule has 1 amide bonds. The number of aryl methyl sites for hydroxylation is 1. The van der Waals surface area contributed by atoms with Crippen molar-refractivity contribution in [2.75, 3.05) is 62.7 Å². The molecular formula is C24H33N7O2. The van der Waals surface area contributed by atoms with E-state index in [4.69, 9.17) is 4.74 Å². The van der Waals surface area contributed by atoms with E-state index in [-0.39, 0.29) is 11.9 Å². The van der Waals surface area contributed by atoms with Crippen LogP contribution in [0.1, 0.15) is 29.5 Å². The zero-order valence-electron chi connectivity index (χ0n) is 20.3. The summed E-state index contributed by atoms with van der Waals surface area (Å²) in [5, 5.41) is 6.05. The van der Waals surface area contributed by atoms with Gasteiger partial charge in [0.15, 0.2) is 0 Å². The Hall–Kier alpha value is -3.36. The maximum Gasteiger partial charge on any atom is 0.256 e. The molecule has 2 atom stereocenters. The van der Waals surface area contributed by atoms with Gasteiger partial charge >= 0.3 is 0 Å². The number of piperidine rings is 1. The number of aromatic nitrogens is 2. The quantitative estimate of drug-likeness (QED) is 0.494. The Bertz CT molecular complexity index is 1060. The fourth-order valence-electron chi connectivity index (χ4n) is 4.64. The lowest BCUT2D eigenvalue weighted by molar-refractivity contribution is 0.00785. The van der Waals surface area contributed by atoms with Gasteiger partial charge in [-0.3, -0.25) is 9.80 Å². The van der Waals surface area contributed by atoms with Crippen LogP contribution in [0, 0.1) is 12.8 Å². The fraction of sp³-hybridized carbons (Fsp3) is 0.500. The molecule has 2 aromatic rings. The Morgan fingerprint density at radius 1 is 1.21 bits per heavy atom. The maximum absolute atomic E-state index is 13.6. The SMILES string of the molecule is C/C=N\N(C)c1cc(OC)ccc1C(=O)N1CC2CCN(c3cc(N(C)C)nc(C)n3)CC21. The normalized spacial score (nSPS) is 19.8. The van der Waals surface area contributed by atoms with Crippen LogP contribution in [0.2, 0.25) is 0 Å². The second-order valence-electron chi connectivity index (χ2n) is 8.83. The molecule has 3 heterocycles. The third-order valence-corrected chi connectivity index (χ3v) is 6.48. The largest absolute Gasteiger partial charge is 0.497 e. The molecule has 1 aromatic heterocycles. The number of hydrogen-bond donors (Lipinski definition) is 0. The number of anilines is 3. The van der Waals surface area contributed by atoms with E-state index < -0.39 is 0 Å². The van der Waals surface area contributed by atoms with Crippen molar-refractivity contribution in [2.24, 2.45) is 11.0 Å². The van der Waals surface area contributed by atoms with Gasteiger partial charge in [-0.2, -0.15) is 5.10 Å². The third-order valence-electron chi connectivity index (χ3n) is 6.48. The van der Waals surface area contributed by atoms with Crippen LogP contribution < -0.4 is 19.5 Å². The number of carbonyl (C=O) groups is 1. The van der Waals surface area contributed by atoms with Crippen molar-refractivity contribution < 1.29 is 9.53 Å². The van der Waals surface area contributed by atoms with Gasteiger partial charge in [0.1, 0.15) is 23.2 Å². The van der Waals surface area contributed by atoms with E-state index in [0.29, 0.717) is 17.2 Å². The van der Waals surface area contributed by atoms with E-state index in [1.54, 1.807) is 18.3 Å². The van der Waals surface area contributed by atoms with E-state index >= 15 is 0 Å². The monoisotopic (exact) mass is 451 g/mol. The minimum absolute atomic E-state index is 0.0294. The Morgan fingerprint density at radius 2 is 2.00 bits per heavy atom. The number of nitrogens with zero attached hydrogens (tertiary/aromatic N) is 7. The number of ether oxygens (including phenoxy) is 1. The number of methoxy groups -OCH3 is 1. The highest BCUT2D eigenvalue weighted by Gasteiger charge is 2.46. The predicted octanol–water partition coefficient (Wildman–Crippen LogP) is 2.65. The summed E-state index contributed by atoms with van der Waals surface area (Å²) in [5.41, 5.74) is 1.36. The van der Waals surface area contributed by atoms with Gasteiger partial charge in [0, 0.05) is 65.0 Å². The van der Waals surface area contributed by atoms with Gasteiger partial charge < -0.3 is 19.4 Å². The molecule has 4 rings (SSSR count). The lowest BCUT2D eigenvalue weighted by atomic mass is 9.81. The molecule has 2 aliphatic rings. The molecule has 0 radical (unpaired) electrons. The number of benzene rings is 1. The summed E-state index contributed by atoms with van der Waals surface area (Å²) < 4.78 is 5.38. The van der Waals surface area contributed by atoms with Gasteiger partial charge in [-0.1, -0.05) is 0 Å². The van der Waals surface area contributed by atoms with Crippen LogP contribution in [0.25, 0.3) is 0 Å². The molecule has 0 spiro atoms. The number of hydrogen-bond acceptors (Lipinski definition) is 8. The molecule has 0 saturated carbocycles. The van der Waals surface area contributed by atoms with Crippen molar-refractivity contribution in [1.29, 1.82) is 0 Å². The van der Waals surface area contributed by atoms with Gasteiger partial charge in [0.05, 0.1) is 24.4 Å². The Kier molecular flexibility index (Phi) is 6.40. The molecule has 2 fully saturated rings. The van der Waals surface area contributed by atoms with Crippen LogP contribution in [-0.4, -0.2) is 80.9 Å². The van der Waals surface area contributed by atoms with Crippen molar-refractivity contribution in [3.63, 3.8) is 0 Å². The maximum atomic E-state index is 13.6. The van der Waals surface area contributed by atoms with Gasteiger partial charge in [0.25, 0.3) is 5.91 Å². The number of amides is 1. The van der Waals surface area contributed by atoms with E-state index in [0.717, 1.165) is 49.2 Å². The summed E-state index contributed by atoms with van der Waals surface area (Å²) in [6.45, 7) is 6.27. The molecule has 2 saturated heterocycles. The van der Waals surface area contributed by atoms with Crippen molar-refractivity contribution >= 4 is 29.4 Å². The molecule has 0 aliphatic carbocycles. The first-order chi connectivity index (χ1) is 15.8. The van der Waals surface area contributed by atoms with Crippen LogP contribution in [0.3, 0.4) is 0 Å². The first-order valence-corrected chi connectivity index (χ1v) is 11.3. The van der Waals surface area contributed by atoms with Gasteiger partial charge in [-0.25, -0.2) is 9.97 Å². The smallest absolute Gasteiger partial charge is 0.256 e. The molecule has 0 N–H and O–H groups in total. The standard InChI is InChI=1S/C24H33N7O2/c1-7-25-29(5)20-12-18(33-6)8-9-19(20)24(32)31-14-17-10-11-30(15-21(17)31)23-13-22(28(3)4)26-16(2)27-23/h7-9,12-13,17,21H,10-11,14-15H2,1-6H3/b25-7-. The molecule has 176 valence electrons. The van der Waals surface area contributed by atoms with E-state index in [1.807, 2.05) is 69.1 Å². The van der Waals surface area contributed by atoms with Gasteiger partial charge in [-0.15, -0.1) is 0 Å². The zero-order chi connectivity index (χ0) is 23.7. The minimum atomic E-state index is 0.0294. The summed E-state index contributed by atoms with van der Waals surface area (Å²) in [5.74, 6) is 3.81. The Morgan fingerprint density at radius 3 is 2.70 bits per heavy atom. The molecule has 33 heavy (non-hydrogen) atoms. The summed E-state index contributed by atoms with van der Waals surface area (Å²) in [7, 11) is 7.43. The topological polar surface area (TPSA) is 77.4 Å². The number of fused-ring (bicyclic) bond motifs is 1. The van der Waals surface area contributed by atoms with Crippen molar-refractivity contribution in [3.05, 3.63) is 35.7 Å².